The van der Waals surface area contributed by atoms with Crippen molar-refractivity contribution in [2.24, 2.45) is 0 Å². The maximum Gasteiger partial charge on any atom is 0.247 e. The Morgan fingerprint density at radius 1 is 1.00 bits per heavy atom. The number of ether oxygens (including phenoxy) is 2. The number of hydrogen-bond donors (Lipinski definition) is 1. The van der Waals surface area contributed by atoms with Crippen molar-refractivity contribution >= 4 is 23.1 Å². The fourth-order valence-electron chi connectivity index (χ4n) is 3.07. The summed E-state index contributed by atoms with van der Waals surface area (Å²) >= 11 is 6.04. The molecule has 1 N–H and O–H groups in total. The van der Waals surface area contributed by atoms with Crippen LogP contribution in [0.25, 0.3) is 5.57 Å². The zero-order chi connectivity index (χ0) is 19.2. The Balaban J connectivity index is 2.03. The lowest BCUT2D eigenvalue weighted by Crippen LogP contribution is -2.45. The van der Waals surface area contributed by atoms with Crippen LogP contribution in [0, 0.1) is 0 Å². The standard InChI is InChI=1S/C21H23ClN2O3/c1-26-19-8-5-16(13-20(19)27-2)18(15-3-6-17(22)7-4-15)14-21(25)24-11-9-23-10-12-24/h3-8,13-14,23H,9-12H2,1-2H3/b18-14-. The number of carbonyl (C=O) groups excluding carboxylic acids is 1. The summed E-state index contributed by atoms with van der Waals surface area (Å²) < 4.78 is 10.8. The van der Waals surface area contributed by atoms with Crippen LogP contribution in [0.2, 0.25) is 5.02 Å². The van der Waals surface area contributed by atoms with E-state index in [1.54, 1.807) is 20.3 Å². The monoisotopic (exact) mass is 386 g/mol. The highest BCUT2D eigenvalue weighted by molar-refractivity contribution is 6.30. The fourth-order valence-corrected chi connectivity index (χ4v) is 3.19. The highest BCUT2D eigenvalue weighted by Gasteiger charge is 2.17. The molecule has 0 aromatic heterocycles. The van der Waals surface area contributed by atoms with E-state index in [9.17, 15) is 4.79 Å². The fraction of sp³-hybridized carbons (Fsp3) is 0.286. The molecular weight excluding hydrogens is 364 g/mol. The van der Waals surface area contributed by atoms with Gasteiger partial charge in [0.15, 0.2) is 11.5 Å². The maximum absolute atomic E-state index is 12.8. The molecule has 142 valence electrons. The molecule has 1 fully saturated rings. The maximum atomic E-state index is 12.8. The average Bonchev–Trinajstić information content (AvgIpc) is 2.72. The molecule has 0 spiro atoms. The van der Waals surface area contributed by atoms with Crippen molar-refractivity contribution in [1.29, 1.82) is 0 Å². The first-order valence-electron chi connectivity index (χ1n) is 8.82. The normalized spacial score (nSPS) is 14.8. The Morgan fingerprint density at radius 3 is 2.26 bits per heavy atom. The van der Waals surface area contributed by atoms with Crippen LogP contribution in [0.5, 0.6) is 11.5 Å². The first-order chi connectivity index (χ1) is 13.1. The van der Waals surface area contributed by atoms with Gasteiger partial charge in [0.2, 0.25) is 5.91 Å². The summed E-state index contributed by atoms with van der Waals surface area (Å²) in [7, 11) is 3.20. The van der Waals surface area contributed by atoms with Gasteiger partial charge in [-0.15, -0.1) is 0 Å². The molecule has 1 aliphatic rings. The van der Waals surface area contributed by atoms with Crippen molar-refractivity contribution in [3.63, 3.8) is 0 Å². The van der Waals surface area contributed by atoms with Gasteiger partial charge in [0.25, 0.3) is 0 Å². The molecule has 1 saturated heterocycles. The number of nitrogens with zero attached hydrogens (tertiary/aromatic N) is 1. The van der Waals surface area contributed by atoms with Gasteiger partial charge in [-0.2, -0.15) is 0 Å². The van der Waals surface area contributed by atoms with E-state index < -0.39 is 0 Å². The van der Waals surface area contributed by atoms with Crippen LogP contribution in [0.1, 0.15) is 11.1 Å². The largest absolute Gasteiger partial charge is 0.493 e. The molecule has 5 nitrogen and oxygen atoms in total. The van der Waals surface area contributed by atoms with Gasteiger partial charge in [0.05, 0.1) is 14.2 Å². The second-order valence-corrected chi connectivity index (χ2v) is 6.65. The van der Waals surface area contributed by atoms with Crippen molar-refractivity contribution in [1.82, 2.24) is 10.2 Å². The molecular formula is C21H23ClN2O3. The Kier molecular flexibility index (Phi) is 6.37. The quantitative estimate of drug-likeness (QED) is 0.801. The van der Waals surface area contributed by atoms with Gasteiger partial charge in [-0.3, -0.25) is 4.79 Å². The van der Waals surface area contributed by atoms with Crippen molar-refractivity contribution in [2.75, 3.05) is 40.4 Å². The molecule has 3 rings (SSSR count). The Hall–Kier alpha value is -2.50. The number of halogens is 1. The minimum Gasteiger partial charge on any atom is -0.493 e. The lowest BCUT2D eigenvalue weighted by atomic mass is 9.96. The summed E-state index contributed by atoms with van der Waals surface area (Å²) in [5.41, 5.74) is 2.60. The summed E-state index contributed by atoms with van der Waals surface area (Å²) in [6, 6.07) is 13.1. The molecule has 1 aliphatic heterocycles. The van der Waals surface area contributed by atoms with E-state index in [0.717, 1.165) is 29.8 Å². The molecule has 0 saturated carbocycles. The van der Waals surface area contributed by atoms with Gasteiger partial charge < -0.3 is 19.7 Å². The number of piperazine rings is 1. The number of carbonyl (C=O) groups is 1. The molecule has 0 aliphatic carbocycles. The predicted octanol–water partition coefficient (Wildman–Crippen LogP) is 3.22. The third-order valence-corrected chi connectivity index (χ3v) is 4.80. The average molecular weight is 387 g/mol. The summed E-state index contributed by atoms with van der Waals surface area (Å²) in [6.45, 7) is 3.03. The van der Waals surface area contributed by atoms with E-state index in [0.29, 0.717) is 29.6 Å². The van der Waals surface area contributed by atoms with E-state index >= 15 is 0 Å². The van der Waals surface area contributed by atoms with Crippen LogP contribution in [-0.2, 0) is 4.79 Å². The molecule has 1 heterocycles. The molecule has 0 atom stereocenters. The molecule has 27 heavy (non-hydrogen) atoms. The third kappa shape index (κ3) is 4.62. The van der Waals surface area contributed by atoms with E-state index in [-0.39, 0.29) is 5.91 Å². The van der Waals surface area contributed by atoms with Crippen LogP contribution >= 0.6 is 11.6 Å². The molecule has 2 aromatic carbocycles. The van der Waals surface area contributed by atoms with E-state index in [1.165, 1.54) is 0 Å². The van der Waals surface area contributed by atoms with Crippen LogP contribution in [0.15, 0.2) is 48.5 Å². The second kappa shape index (κ2) is 8.93. The summed E-state index contributed by atoms with van der Waals surface area (Å²) in [6.07, 6.45) is 1.69. The lowest BCUT2D eigenvalue weighted by molar-refractivity contribution is -0.126. The predicted molar refractivity (Wildman–Crippen MR) is 108 cm³/mol. The molecule has 6 heteroatoms. The summed E-state index contributed by atoms with van der Waals surface area (Å²) in [5, 5.41) is 3.91. The lowest BCUT2D eigenvalue weighted by Gasteiger charge is -2.26. The van der Waals surface area contributed by atoms with Gasteiger partial charge in [-0.05, 0) is 41.0 Å². The van der Waals surface area contributed by atoms with Crippen molar-refractivity contribution in [2.45, 2.75) is 0 Å². The van der Waals surface area contributed by atoms with E-state index in [2.05, 4.69) is 5.32 Å². The van der Waals surface area contributed by atoms with Gasteiger partial charge >= 0.3 is 0 Å². The second-order valence-electron chi connectivity index (χ2n) is 6.21. The topological polar surface area (TPSA) is 50.8 Å². The Morgan fingerprint density at radius 2 is 1.63 bits per heavy atom. The smallest absolute Gasteiger partial charge is 0.247 e. The van der Waals surface area contributed by atoms with Gasteiger partial charge in [-0.25, -0.2) is 0 Å². The van der Waals surface area contributed by atoms with Gasteiger partial charge in [-0.1, -0.05) is 29.8 Å². The number of hydrogen-bond acceptors (Lipinski definition) is 4. The minimum absolute atomic E-state index is 0.00349. The van der Waals surface area contributed by atoms with Crippen LogP contribution < -0.4 is 14.8 Å². The Bertz CT molecular complexity index is 828. The van der Waals surface area contributed by atoms with Crippen LogP contribution in [-0.4, -0.2) is 51.2 Å². The zero-order valence-corrected chi connectivity index (χ0v) is 16.3. The number of methoxy groups -OCH3 is 2. The highest BCUT2D eigenvalue weighted by atomic mass is 35.5. The SMILES string of the molecule is COc1ccc(/C(=C\C(=O)N2CCNCC2)c2ccc(Cl)cc2)cc1OC. The Labute approximate surface area is 164 Å². The highest BCUT2D eigenvalue weighted by Crippen LogP contribution is 2.33. The van der Waals surface area contributed by atoms with Gasteiger partial charge in [0.1, 0.15) is 0 Å². The minimum atomic E-state index is -0.00349. The van der Waals surface area contributed by atoms with E-state index in [4.69, 9.17) is 21.1 Å². The summed E-state index contributed by atoms with van der Waals surface area (Å²) in [4.78, 5) is 14.7. The number of benzene rings is 2. The van der Waals surface area contributed by atoms with Crippen molar-refractivity contribution in [3.05, 3.63) is 64.7 Å². The van der Waals surface area contributed by atoms with Crippen molar-refractivity contribution < 1.29 is 14.3 Å². The molecule has 0 bridgehead atoms. The molecule has 1 amide bonds. The zero-order valence-electron chi connectivity index (χ0n) is 15.5. The number of nitrogens with one attached hydrogen (secondary N) is 1. The van der Waals surface area contributed by atoms with Crippen LogP contribution in [0.4, 0.5) is 0 Å². The molecule has 0 radical (unpaired) electrons. The third-order valence-electron chi connectivity index (χ3n) is 4.55. The summed E-state index contributed by atoms with van der Waals surface area (Å²) in [5.74, 6) is 1.26. The molecule has 2 aromatic rings. The van der Waals surface area contributed by atoms with E-state index in [1.807, 2.05) is 47.4 Å². The molecule has 0 unspecified atom stereocenters. The number of amides is 1. The first-order valence-corrected chi connectivity index (χ1v) is 9.20. The first kappa shape index (κ1) is 19.3. The van der Waals surface area contributed by atoms with Gasteiger partial charge in [0, 0.05) is 37.3 Å². The number of rotatable bonds is 5. The van der Waals surface area contributed by atoms with Crippen molar-refractivity contribution in [3.8, 4) is 11.5 Å². The van der Waals surface area contributed by atoms with Crippen LogP contribution in [0.3, 0.4) is 0 Å².